The minimum absolute atomic E-state index is 0.0703. The molecule has 0 spiro atoms. The van der Waals surface area contributed by atoms with Gasteiger partial charge in [-0.15, -0.1) is 11.3 Å². The third-order valence-corrected chi connectivity index (χ3v) is 5.05. The summed E-state index contributed by atoms with van der Waals surface area (Å²) in [7, 11) is 1.82. The summed E-state index contributed by atoms with van der Waals surface area (Å²) in [5.74, 6) is 0. The van der Waals surface area contributed by atoms with E-state index in [4.69, 9.17) is 10.5 Å². The first-order valence-corrected chi connectivity index (χ1v) is 7.26. The van der Waals surface area contributed by atoms with E-state index in [1.165, 1.54) is 25.7 Å². The summed E-state index contributed by atoms with van der Waals surface area (Å²) in [6.45, 7) is 2.00. The first kappa shape index (κ1) is 13.0. The summed E-state index contributed by atoms with van der Waals surface area (Å²) >= 11 is 1.72. The molecule has 1 aromatic heterocycles. The van der Waals surface area contributed by atoms with E-state index in [2.05, 4.69) is 4.98 Å². The molecule has 1 aliphatic carbocycles. The van der Waals surface area contributed by atoms with Crippen LogP contribution in [0.4, 0.5) is 0 Å². The van der Waals surface area contributed by atoms with E-state index in [-0.39, 0.29) is 11.6 Å². The fraction of sp³-hybridized carbons (Fsp3) is 0.769. The normalized spacial score (nSPS) is 22.1. The molecule has 1 aromatic rings. The maximum Gasteiger partial charge on any atom is 0.125 e. The summed E-state index contributed by atoms with van der Waals surface area (Å²) in [6, 6.07) is 0.0703. The van der Waals surface area contributed by atoms with Crippen LogP contribution in [0, 0.1) is 0 Å². The molecule has 0 saturated heterocycles. The number of rotatable bonds is 3. The summed E-state index contributed by atoms with van der Waals surface area (Å²) in [5, 5.41) is 1.12. The van der Waals surface area contributed by atoms with Gasteiger partial charge in [0.25, 0.3) is 0 Å². The molecule has 1 saturated carbocycles. The van der Waals surface area contributed by atoms with E-state index in [1.807, 2.05) is 20.2 Å². The fourth-order valence-electron chi connectivity index (χ4n) is 2.51. The van der Waals surface area contributed by atoms with Crippen LogP contribution in [0.1, 0.15) is 61.4 Å². The van der Waals surface area contributed by atoms with Crippen LogP contribution in [-0.4, -0.2) is 12.1 Å². The van der Waals surface area contributed by atoms with Crippen molar-refractivity contribution in [2.45, 2.75) is 57.1 Å². The molecule has 1 unspecified atom stereocenters. The smallest absolute Gasteiger partial charge is 0.125 e. The number of nitrogens with zero attached hydrogens (tertiary/aromatic N) is 1. The van der Waals surface area contributed by atoms with Gasteiger partial charge in [0.2, 0.25) is 0 Å². The molecule has 1 aliphatic rings. The van der Waals surface area contributed by atoms with Crippen molar-refractivity contribution >= 4 is 11.3 Å². The number of ether oxygens (including phenoxy) is 1. The van der Waals surface area contributed by atoms with E-state index in [9.17, 15) is 0 Å². The fourth-order valence-corrected chi connectivity index (χ4v) is 3.61. The van der Waals surface area contributed by atoms with Crippen molar-refractivity contribution in [1.29, 1.82) is 0 Å². The summed E-state index contributed by atoms with van der Waals surface area (Å²) in [4.78, 5) is 5.71. The zero-order valence-corrected chi connectivity index (χ0v) is 11.6. The highest BCUT2D eigenvalue weighted by atomic mass is 32.1. The van der Waals surface area contributed by atoms with Crippen LogP contribution in [0.2, 0.25) is 0 Å². The molecule has 2 rings (SSSR count). The van der Waals surface area contributed by atoms with Crippen LogP contribution in [0.15, 0.2) is 6.20 Å². The molecule has 3 nitrogen and oxygen atoms in total. The maximum atomic E-state index is 5.90. The second kappa shape index (κ2) is 5.46. The van der Waals surface area contributed by atoms with Crippen LogP contribution in [0.3, 0.4) is 0 Å². The largest absolute Gasteiger partial charge is 0.371 e. The van der Waals surface area contributed by atoms with E-state index >= 15 is 0 Å². The summed E-state index contributed by atoms with van der Waals surface area (Å²) < 4.78 is 5.84. The van der Waals surface area contributed by atoms with Gasteiger partial charge >= 0.3 is 0 Å². The minimum Gasteiger partial charge on any atom is -0.371 e. The third kappa shape index (κ3) is 2.69. The van der Waals surface area contributed by atoms with Gasteiger partial charge in [-0.05, 0) is 19.8 Å². The Morgan fingerprint density at radius 3 is 2.47 bits per heavy atom. The molecule has 1 atom stereocenters. The van der Waals surface area contributed by atoms with Gasteiger partial charge in [-0.3, -0.25) is 0 Å². The van der Waals surface area contributed by atoms with E-state index < -0.39 is 0 Å². The molecule has 0 aromatic carbocycles. The number of nitrogens with two attached hydrogens (primary N) is 1. The van der Waals surface area contributed by atoms with Crippen molar-refractivity contribution < 1.29 is 4.74 Å². The van der Waals surface area contributed by atoms with Crippen LogP contribution in [0.5, 0.6) is 0 Å². The predicted octanol–water partition coefficient (Wildman–Crippen LogP) is 3.36. The molecular weight excluding hydrogens is 232 g/mol. The highest BCUT2D eigenvalue weighted by molar-refractivity contribution is 7.11. The Labute approximate surface area is 107 Å². The summed E-state index contributed by atoms with van der Waals surface area (Å²) in [6.07, 6.45) is 9.20. The van der Waals surface area contributed by atoms with Gasteiger partial charge in [0.05, 0.1) is 0 Å². The first-order valence-electron chi connectivity index (χ1n) is 6.45. The summed E-state index contributed by atoms with van der Waals surface area (Å²) in [5.41, 5.74) is 5.76. The molecule has 4 heteroatoms. The van der Waals surface area contributed by atoms with Gasteiger partial charge < -0.3 is 10.5 Å². The average molecular weight is 254 g/mol. The molecule has 0 radical (unpaired) electrons. The van der Waals surface area contributed by atoms with E-state index in [0.717, 1.165) is 22.7 Å². The Bertz CT molecular complexity index is 354. The zero-order chi connectivity index (χ0) is 12.3. The molecule has 1 heterocycles. The van der Waals surface area contributed by atoms with Crippen LogP contribution < -0.4 is 5.73 Å². The number of thiazole rings is 1. The standard InChI is InChI=1S/C13H22N2OS/c1-10(14)11-9-15-12(17-11)13(16-2)7-5-3-4-6-8-13/h9-10H,3-8,14H2,1-2H3. The van der Waals surface area contributed by atoms with Gasteiger partial charge in [-0.25, -0.2) is 4.98 Å². The van der Waals surface area contributed by atoms with Crippen molar-refractivity contribution in [1.82, 2.24) is 4.98 Å². The predicted molar refractivity (Wildman–Crippen MR) is 71.1 cm³/mol. The van der Waals surface area contributed by atoms with Gasteiger partial charge in [0.1, 0.15) is 10.6 Å². The zero-order valence-electron chi connectivity index (χ0n) is 10.7. The second-order valence-corrected chi connectivity index (χ2v) is 6.03. The van der Waals surface area contributed by atoms with Gasteiger partial charge in [0, 0.05) is 24.2 Å². The lowest BCUT2D eigenvalue weighted by atomic mass is 9.95. The molecule has 2 N–H and O–H groups in total. The van der Waals surface area contributed by atoms with Crippen molar-refractivity contribution in [3.63, 3.8) is 0 Å². The Hall–Kier alpha value is -0.450. The Morgan fingerprint density at radius 2 is 2.00 bits per heavy atom. The monoisotopic (exact) mass is 254 g/mol. The third-order valence-electron chi connectivity index (χ3n) is 3.66. The van der Waals surface area contributed by atoms with Crippen molar-refractivity contribution in [3.8, 4) is 0 Å². The maximum absolute atomic E-state index is 5.90. The number of hydrogen-bond donors (Lipinski definition) is 1. The SMILES string of the molecule is COC1(c2ncc(C(C)N)s2)CCCCCC1. The van der Waals surface area contributed by atoms with Crippen LogP contribution in [-0.2, 0) is 10.3 Å². The van der Waals surface area contributed by atoms with Crippen molar-refractivity contribution in [2.24, 2.45) is 5.73 Å². The topological polar surface area (TPSA) is 48.1 Å². The molecular formula is C13H22N2OS. The number of aromatic nitrogens is 1. The first-order chi connectivity index (χ1) is 8.18. The van der Waals surface area contributed by atoms with Crippen LogP contribution >= 0.6 is 11.3 Å². The minimum atomic E-state index is -0.145. The Morgan fingerprint density at radius 1 is 1.35 bits per heavy atom. The van der Waals surface area contributed by atoms with Gasteiger partial charge in [-0.2, -0.15) is 0 Å². The average Bonchev–Trinajstić information content (AvgIpc) is 2.70. The molecule has 96 valence electrons. The van der Waals surface area contributed by atoms with Crippen molar-refractivity contribution in [2.75, 3.05) is 7.11 Å². The molecule has 0 amide bonds. The van der Waals surface area contributed by atoms with Gasteiger partial charge in [0.15, 0.2) is 0 Å². The van der Waals surface area contributed by atoms with E-state index in [1.54, 1.807) is 11.3 Å². The lowest BCUT2D eigenvalue weighted by Gasteiger charge is -2.29. The molecule has 1 fully saturated rings. The van der Waals surface area contributed by atoms with Gasteiger partial charge in [-0.1, -0.05) is 25.7 Å². The highest BCUT2D eigenvalue weighted by Crippen LogP contribution is 2.41. The van der Waals surface area contributed by atoms with Crippen molar-refractivity contribution in [3.05, 3.63) is 16.1 Å². The second-order valence-electron chi connectivity index (χ2n) is 4.97. The van der Waals surface area contributed by atoms with Crippen LogP contribution in [0.25, 0.3) is 0 Å². The Balaban J connectivity index is 2.25. The molecule has 0 bridgehead atoms. The number of methoxy groups -OCH3 is 1. The molecule has 0 aliphatic heterocycles. The molecule has 17 heavy (non-hydrogen) atoms. The quantitative estimate of drug-likeness (QED) is 0.841. The lowest BCUT2D eigenvalue weighted by Crippen LogP contribution is -2.27. The lowest BCUT2D eigenvalue weighted by molar-refractivity contribution is -0.0279. The highest BCUT2D eigenvalue weighted by Gasteiger charge is 2.35. The number of hydrogen-bond acceptors (Lipinski definition) is 4. The van der Waals surface area contributed by atoms with E-state index in [0.29, 0.717) is 0 Å². The Kier molecular flexibility index (Phi) is 4.17.